The average molecular weight is 669 g/mol. The number of nitrogens with zero attached hydrogens (tertiary/aromatic N) is 2. The number of rotatable bonds is 11. The molecule has 1 atom stereocenters. The van der Waals surface area contributed by atoms with Crippen molar-refractivity contribution in [3.8, 4) is 0 Å². The number of para-hydroxylation sites is 1. The Morgan fingerprint density at radius 2 is 1.48 bits per heavy atom. The zero-order valence-corrected chi connectivity index (χ0v) is 26.4. The third-order valence-corrected chi connectivity index (χ3v) is 9.41. The van der Waals surface area contributed by atoms with Gasteiger partial charge in [-0.25, -0.2) is 8.42 Å². The molecule has 0 aliphatic rings. The highest BCUT2D eigenvalue weighted by Crippen LogP contribution is 2.31. The Morgan fingerprint density at radius 1 is 0.857 bits per heavy atom. The number of sulfonamides is 1. The van der Waals surface area contributed by atoms with Crippen LogP contribution in [0.4, 0.5) is 5.69 Å². The van der Waals surface area contributed by atoms with Crippen LogP contribution in [0.5, 0.6) is 0 Å². The minimum atomic E-state index is -4.22. The summed E-state index contributed by atoms with van der Waals surface area (Å²) < 4.78 is 29.9. The van der Waals surface area contributed by atoms with Gasteiger partial charge in [-0.3, -0.25) is 13.9 Å². The summed E-state index contributed by atoms with van der Waals surface area (Å²) in [7, 11) is -2.70. The highest BCUT2D eigenvalue weighted by Gasteiger charge is 2.35. The average Bonchev–Trinajstić information content (AvgIpc) is 2.99. The number of aryl methyl sites for hydroxylation is 1. The van der Waals surface area contributed by atoms with Crippen molar-refractivity contribution in [2.45, 2.75) is 30.8 Å². The van der Waals surface area contributed by atoms with Crippen LogP contribution in [0.3, 0.4) is 0 Å². The van der Waals surface area contributed by atoms with Gasteiger partial charge < -0.3 is 10.2 Å². The zero-order chi connectivity index (χ0) is 30.3. The van der Waals surface area contributed by atoms with Crippen LogP contribution in [0.1, 0.15) is 16.7 Å². The van der Waals surface area contributed by atoms with E-state index < -0.39 is 28.5 Å². The molecule has 0 aromatic heterocycles. The standard InChI is InChI=1S/C32H31BrClN3O4S/c1-23-12-18-27(19-13-23)42(40,41)37(29-11-7-6-10-28(29)34)22-31(38)36(21-25-14-16-26(33)17-15-25)30(32(39)35-2)20-24-8-4-3-5-9-24/h3-19,30H,20-22H2,1-2H3,(H,35,39)/t30-/m0/s1. The van der Waals surface area contributed by atoms with Gasteiger partial charge in [0, 0.05) is 24.5 Å². The van der Waals surface area contributed by atoms with Gasteiger partial charge in [-0.1, -0.05) is 99.8 Å². The second-order valence-corrected chi connectivity index (χ2v) is 12.9. The molecule has 42 heavy (non-hydrogen) atoms. The van der Waals surface area contributed by atoms with Gasteiger partial charge >= 0.3 is 0 Å². The smallest absolute Gasteiger partial charge is 0.264 e. The highest BCUT2D eigenvalue weighted by molar-refractivity contribution is 9.10. The van der Waals surface area contributed by atoms with E-state index in [0.717, 1.165) is 25.5 Å². The first kappa shape index (κ1) is 31.3. The number of halogens is 2. The van der Waals surface area contributed by atoms with Crippen molar-refractivity contribution < 1.29 is 18.0 Å². The molecule has 0 saturated heterocycles. The first-order valence-corrected chi connectivity index (χ1v) is 15.8. The third-order valence-electron chi connectivity index (χ3n) is 6.79. The summed E-state index contributed by atoms with van der Waals surface area (Å²) in [4.78, 5) is 29.0. The summed E-state index contributed by atoms with van der Waals surface area (Å²) in [5, 5.41) is 2.85. The molecule has 10 heteroatoms. The normalized spacial score (nSPS) is 11.9. The molecular formula is C32H31BrClN3O4S. The lowest BCUT2D eigenvalue weighted by atomic mass is 10.0. The number of amides is 2. The van der Waals surface area contributed by atoms with Crippen LogP contribution in [0, 0.1) is 6.92 Å². The number of carbonyl (C=O) groups excluding carboxylic acids is 2. The van der Waals surface area contributed by atoms with Crippen molar-refractivity contribution >= 4 is 55.1 Å². The van der Waals surface area contributed by atoms with E-state index in [4.69, 9.17) is 11.6 Å². The number of likely N-dealkylation sites (N-methyl/N-ethyl adjacent to an activating group) is 1. The van der Waals surface area contributed by atoms with E-state index in [9.17, 15) is 18.0 Å². The predicted molar refractivity (Wildman–Crippen MR) is 170 cm³/mol. The molecular weight excluding hydrogens is 638 g/mol. The lowest BCUT2D eigenvalue weighted by molar-refractivity contribution is -0.139. The number of hydrogen-bond acceptors (Lipinski definition) is 4. The van der Waals surface area contributed by atoms with Crippen molar-refractivity contribution in [3.05, 3.63) is 129 Å². The van der Waals surface area contributed by atoms with Crippen LogP contribution in [0.25, 0.3) is 0 Å². The van der Waals surface area contributed by atoms with Crippen LogP contribution >= 0.6 is 27.5 Å². The lowest BCUT2D eigenvalue weighted by Gasteiger charge is -2.33. The first-order valence-electron chi connectivity index (χ1n) is 13.2. The Morgan fingerprint density at radius 3 is 2.10 bits per heavy atom. The molecule has 0 bridgehead atoms. The van der Waals surface area contributed by atoms with E-state index in [1.54, 1.807) is 36.4 Å². The highest BCUT2D eigenvalue weighted by atomic mass is 79.9. The number of hydrogen-bond donors (Lipinski definition) is 1. The van der Waals surface area contributed by atoms with E-state index in [-0.39, 0.29) is 34.5 Å². The van der Waals surface area contributed by atoms with E-state index in [1.807, 2.05) is 61.5 Å². The van der Waals surface area contributed by atoms with Gasteiger partial charge in [0.15, 0.2) is 0 Å². The lowest BCUT2D eigenvalue weighted by Crippen LogP contribution is -2.53. The molecule has 0 aliphatic heterocycles. The van der Waals surface area contributed by atoms with Gasteiger partial charge in [-0.15, -0.1) is 0 Å². The van der Waals surface area contributed by atoms with Crippen LogP contribution in [0.2, 0.25) is 5.02 Å². The van der Waals surface area contributed by atoms with Crippen molar-refractivity contribution in [2.75, 3.05) is 17.9 Å². The minimum Gasteiger partial charge on any atom is -0.357 e. The Hall–Kier alpha value is -3.66. The van der Waals surface area contributed by atoms with Crippen LogP contribution in [-0.2, 0) is 32.6 Å². The molecule has 0 heterocycles. The van der Waals surface area contributed by atoms with Gasteiger partial charge in [-0.2, -0.15) is 0 Å². The molecule has 2 amide bonds. The quantitative estimate of drug-likeness (QED) is 0.213. The maximum Gasteiger partial charge on any atom is 0.264 e. The number of carbonyl (C=O) groups is 2. The molecule has 4 aromatic carbocycles. The molecule has 0 unspecified atom stereocenters. The predicted octanol–water partition coefficient (Wildman–Crippen LogP) is 5.99. The molecule has 4 rings (SSSR count). The molecule has 4 aromatic rings. The number of benzene rings is 4. The Balaban J connectivity index is 1.79. The number of anilines is 1. The van der Waals surface area contributed by atoms with Crippen LogP contribution < -0.4 is 9.62 Å². The van der Waals surface area contributed by atoms with Crippen molar-refractivity contribution in [1.29, 1.82) is 0 Å². The second kappa shape index (κ2) is 14.0. The third kappa shape index (κ3) is 7.59. The van der Waals surface area contributed by atoms with Gasteiger partial charge in [0.05, 0.1) is 15.6 Å². The molecule has 0 spiro atoms. The molecule has 0 fully saturated rings. The SMILES string of the molecule is CNC(=O)[C@H](Cc1ccccc1)N(Cc1ccc(Br)cc1)C(=O)CN(c1ccccc1Cl)S(=O)(=O)c1ccc(C)cc1. The van der Waals surface area contributed by atoms with E-state index in [0.29, 0.717) is 0 Å². The maximum atomic E-state index is 14.3. The fraction of sp³-hybridized carbons (Fsp3) is 0.188. The summed E-state index contributed by atoms with van der Waals surface area (Å²) in [5.74, 6) is -0.923. The summed E-state index contributed by atoms with van der Waals surface area (Å²) in [5.41, 5.74) is 2.69. The molecule has 0 aliphatic carbocycles. The molecule has 218 valence electrons. The molecule has 1 N–H and O–H groups in total. The maximum absolute atomic E-state index is 14.3. The second-order valence-electron chi connectivity index (χ2n) is 9.74. The van der Waals surface area contributed by atoms with Crippen LogP contribution in [-0.4, -0.2) is 44.8 Å². The fourth-order valence-electron chi connectivity index (χ4n) is 4.51. The molecule has 7 nitrogen and oxygen atoms in total. The molecule has 0 radical (unpaired) electrons. The summed E-state index contributed by atoms with van der Waals surface area (Å²) >= 11 is 9.92. The van der Waals surface area contributed by atoms with Gasteiger partial charge in [0.1, 0.15) is 12.6 Å². The summed E-state index contributed by atoms with van der Waals surface area (Å²) in [6.07, 6.45) is 0.236. The zero-order valence-electron chi connectivity index (χ0n) is 23.2. The first-order chi connectivity index (χ1) is 20.1. The van der Waals surface area contributed by atoms with Crippen molar-refractivity contribution in [3.63, 3.8) is 0 Å². The monoisotopic (exact) mass is 667 g/mol. The Kier molecular flexibility index (Phi) is 10.4. The largest absolute Gasteiger partial charge is 0.357 e. The van der Waals surface area contributed by atoms with Gasteiger partial charge in [0.2, 0.25) is 11.8 Å². The van der Waals surface area contributed by atoms with Gasteiger partial charge in [-0.05, 0) is 54.4 Å². The topological polar surface area (TPSA) is 86.8 Å². The van der Waals surface area contributed by atoms with E-state index in [1.165, 1.54) is 24.1 Å². The van der Waals surface area contributed by atoms with E-state index >= 15 is 0 Å². The van der Waals surface area contributed by atoms with Crippen molar-refractivity contribution in [1.82, 2.24) is 10.2 Å². The van der Waals surface area contributed by atoms with E-state index in [2.05, 4.69) is 21.2 Å². The van der Waals surface area contributed by atoms with Crippen LogP contribution in [0.15, 0.2) is 112 Å². The summed E-state index contributed by atoms with van der Waals surface area (Å²) in [6.45, 7) is 1.37. The Labute approximate surface area is 260 Å². The van der Waals surface area contributed by atoms with Gasteiger partial charge in [0.25, 0.3) is 10.0 Å². The minimum absolute atomic E-state index is 0.0208. The number of nitrogens with one attached hydrogen (secondary N) is 1. The Bertz CT molecular complexity index is 1630. The summed E-state index contributed by atoms with van der Waals surface area (Å²) in [6, 6.07) is 28.7. The fourth-order valence-corrected chi connectivity index (χ4v) is 6.50. The molecule has 0 saturated carbocycles. The van der Waals surface area contributed by atoms with Crippen molar-refractivity contribution in [2.24, 2.45) is 0 Å².